The number of ether oxygens (including phenoxy) is 1. The molecule has 1 rings (SSSR count). The van der Waals surface area contributed by atoms with Crippen molar-refractivity contribution < 1.29 is 9.53 Å². The number of carbonyl (C=O) groups is 1. The van der Waals surface area contributed by atoms with E-state index in [1.54, 1.807) is 11.8 Å². The molecule has 3 heteroatoms. The van der Waals surface area contributed by atoms with Crippen LogP contribution < -0.4 is 0 Å². The summed E-state index contributed by atoms with van der Waals surface area (Å²) in [5.74, 6) is 1.70. The smallest absolute Gasteiger partial charge is 0.338 e. The Bertz CT molecular complexity index is 323. The lowest BCUT2D eigenvalue weighted by Gasteiger charge is -2.07. The molecule has 0 amide bonds. The largest absolute Gasteiger partial charge is 0.462 e. The molecule has 1 aromatic carbocycles. The average molecular weight is 224 g/mol. The third kappa shape index (κ3) is 3.59. The molecule has 0 atom stereocenters. The van der Waals surface area contributed by atoms with E-state index in [9.17, 15) is 4.79 Å². The summed E-state index contributed by atoms with van der Waals surface area (Å²) in [4.78, 5) is 11.6. The molecule has 0 bridgehead atoms. The van der Waals surface area contributed by atoms with Gasteiger partial charge in [-0.1, -0.05) is 25.1 Å². The fourth-order valence-corrected chi connectivity index (χ4v) is 1.94. The number of benzene rings is 1. The van der Waals surface area contributed by atoms with Gasteiger partial charge in [-0.05, 0) is 24.3 Å². The van der Waals surface area contributed by atoms with Crippen molar-refractivity contribution >= 4 is 17.7 Å². The maximum atomic E-state index is 11.6. The van der Waals surface area contributed by atoms with E-state index in [4.69, 9.17) is 4.74 Å². The lowest BCUT2D eigenvalue weighted by atomic mass is 10.1. The maximum absolute atomic E-state index is 11.6. The van der Waals surface area contributed by atoms with Crippen LogP contribution in [-0.4, -0.2) is 18.3 Å². The summed E-state index contributed by atoms with van der Waals surface area (Å²) < 4.78 is 5.00. The molecule has 0 aromatic heterocycles. The lowest BCUT2D eigenvalue weighted by molar-refractivity contribution is 0.0525. The third-order valence-electron chi connectivity index (χ3n) is 1.97. The highest BCUT2D eigenvalue weighted by Crippen LogP contribution is 2.17. The first kappa shape index (κ1) is 12.1. The molecule has 0 fully saturated rings. The number of esters is 1. The van der Waals surface area contributed by atoms with Crippen molar-refractivity contribution in [2.24, 2.45) is 0 Å². The summed E-state index contributed by atoms with van der Waals surface area (Å²) in [6.45, 7) is 4.35. The van der Waals surface area contributed by atoms with E-state index in [1.807, 2.05) is 31.2 Å². The van der Waals surface area contributed by atoms with Gasteiger partial charge in [0.2, 0.25) is 0 Å². The van der Waals surface area contributed by atoms with E-state index in [-0.39, 0.29) is 5.97 Å². The normalized spacial score (nSPS) is 10.0. The number of rotatable bonds is 5. The monoisotopic (exact) mass is 224 g/mol. The van der Waals surface area contributed by atoms with Crippen LogP contribution in [0.25, 0.3) is 0 Å². The van der Waals surface area contributed by atoms with Crippen LogP contribution in [0.4, 0.5) is 0 Å². The lowest BCUT2D eigenvalue weighted by Crippen LogP contribution is -2.07. The molecule has 15 heavy (non-hydrogen) atoms. The van der Waals surface area contributed by atoms with Gasteiger partial charge in [-0.15, -0.1) is 0 Å². The van der Waals surface area contributed by atoms with E-state index in [0.717, 1.165) is 17.1 Å². The van der Waals surface area contributed by atoms with Crippen molar-refractivity contribution in [1.82, 2.24) is 0 Å². The first-order valence-corrected chi connectivity index (χ1v) is 6.27. The zero-order valence-electron chi connectivity index (χ0n) is 9.16. The number of thioether (sulfide) groups is 1. The fraction of sp³-hybridized carbons (Fsp3) is 0.417. The second-order valence-electron chi connectivity index (χ2n) is 3.01. The van der Waals surface area contributed by atoms with Gasteiger partial charge in [0, 0.05) is 5.75 Å². The Labute approximate surface area is 95.0 Å². The van der Waals surface area contributed by atoms with Crippen LogP contribution in [-0.2, 0) is 10.5 Å². The molecule has 82 valence electrons. The van der Waals surface area contributed by atoms with E-state index in [0.29, 0.717) is 12.2 Å². The fourth-order valence-electron chi connectivity index (χ4n) is 1.27. The van der Waals surface area contributed by atoms with Crippen LogP contribution in [0.1, 0.15) is 29.8 Å². The topological polar surface area (TPSA) is 26.3 Å². The molecule has 0 unspecified atom stereocenters. The van der Waals surface area contributed by atoms with Gasteiger partial charge >= 0.3 is 5.97 Å². The Hall–Kier alpha value is -0.960. The minimum atomic E-state index is -0.218. The first-order valence-electron chi connectivity index (χ1n) is 5.12. The summed E-state index contributed by atoms with van der Waals surface area (Å²) in [6, 6.07) is 7.62. The molecule has 0 spiro atoms. The summed E-state index contributed by atoms with van der Waals surface area (Å²) in [6.07, 6.45) is 0. The minimum Gasteiger partial charge on any atom is -0.462 e. The van der Waals surface area contributed by atoms with Crippen molar-refractivity contribution in [2.45, 2.75) is 19.6 Å². The maximum Gasteiger partial charge on any atom is 0.338 e. The second kappa shape index (κ2) is 6.51. The van der Waals surface area contributed by atoms with Crippen molar-refractivity contribution in [3.05, 3.63) is 35.4 Å². The van der Waals surface area contributed by atoms with Gasteiger partial charge in [0.15, 0.2) is 0 Å². The van der Waals surface area contributed by atoms with Crippen LogP contribution in [0.15, 0.2) is 24.3 Å². The number of hydrogen-bond acceptors (Lipinski definition) is 3. The Balaban J connectivity index is 2.80. The van der Waals surface area contributed by atoms with Crippen molar-refractivity contribution in [3.8, 4) is 0 Å². The minimum absolute atomic E-state index is 0.218. The van der Waals surface area contributed by atoms with Gasteiger partial charge in [0.25, 0.3) is 0 Å². The van der Waals surface area contributed by atoms with Gasteiger partial charge < -0.3 is 4.74 Å². The molecule has 0 radical (unpaired) electrons. The first-order chi connectivity index (χ1) is 7.29. The zero-order chi connectivity index (χ0) is 11.1. The Kier molecular flexibility index (Phi) is 5.26. The quantitative estimate of drug-likeness (QED) is 0.719. The summed E-state index contributed by atoms with van der Waals surface area (Å²) in [5, 5.41) is 0. The molecular formula is C12H16O2S. The van der Waals surface area contributed by atoms with Gasteiger partial charge in [-0.25, -0.2) is 4.79 Å². The van der Waals surface area contributed by atoms with Crippen LogP contribution in [0.3, 0.4) is 0 Å². The molecule has 0 saturated heterocycles. The SMILES string of the molecule is CCOC(=O)c1ccccc1CSCC. The highest BCUT2D eigenvalue weighted by Gasteiger charge is 2.10. The third-order valence-corrected chi connectivity index (χ3v) is 2.90. The van der Waals surface area contributed by atoms with Gasteiger partial charge in [0.1, 0.15) is 0 Å². The number of carbonyl (C=O) groups excluding carboxylic acids is 1. The van der Waals surface area contributed by atoms with Crippen LogP contribution >= 0.6 is 11.8 Å². The number of hydrogen-bond donors (Lipinski definition) is 0. The predicted octanol–water partition coefficient (Wildman–Crippen LogP) is 3.12. The molecule has 0 aliphatic carbocycles. The molecule has 0 aliphatic rings. The summed E-state index contributed by atoms with van der Waals surface area (Å²) >= 11 is 1.80. The molecule has 0 saturated carbocycles. The molecule has 0 heterocycles. The highest BCUT2D eigenvalue weighted by molar-refractivity contribution is 7.98. The van der Waals surface area contributed by atoms with Gasteiger partial charge in [-0.2, -0.15) is 11.8 Å². The Morgan fingerprint density at radius 2 is 2.07 bits per heavy atom. The van der Waals surface area contributed by atoms with Crippen LogP contribution in [0.5, 0.6) is 0 Å². The average Bonchev–Trinajstić information content (AvgIpc) is 2.27. The Morgan fingerprint density at radius 1 is 1.33 bits per heavy atom. The van der Waals surface area contributed by atoms with E-state index >= 15 is 0 Å². The van der Waals surface area contributed by atoms with E-state index in [2.05, 4.69) is 6.92 Å². The zero-order valence-corrected chi connectivity index (χ0v) is 9.97. The van der Waals surface area contributed by atoms with Crippen LogP contribution in [0.2, 0.25) is 0 Å². The van der Waals surface area contributed by atoms with Gasteiger partial charge in [0.05, 0.1) is 12.2 Å². The Morgan fingerprint density at radius 3 is 2.73 bits per heavy atom. The molecule has 1 aromatic rings. The summed E-state index contributed by atoms with van der Waals surface area (Å²) in [5.41, 5.74) is 1.75. The molecule has 0 aliphatic heterocycles. The van der Waals surface area contributed by atoms with Crippen molar-refractivity contribution in [3.63, 3.8) is 0 Å². The second-order valence-corrected chi connectivity index (χ2v) is 4.29. The van der Waals surface area contributed by atoms with E-state index < -0.39 is 0 Å². The van der Waals surface area contributed by atoms with Crippen molar-refractivity contribution in [1.29, 1.82) is 0 Å². The molecule has 2 nitrogen and oxygen atoms in total. The predicted molar refractivity (Wildman–Crippen MR) is 64.2 cm³/mol. The van der Waals surface area contributed by atoms with Crippen LogP contribution in [0, 0.1) is 0 Å². The highest BCUT2D eigenvalue weighted by atomic mass is 32.2. The summed E-state index contributed by atoms with van der Waals surface area (Å²) in [7, 11) is 0. The molecular weight excluding hydrogens is 208 g/mol. The standard InChI is InChI=1S/C12H16O2S/c1-3-14-12(13)11-8-6-5-7-10(11)9-15-4-2/h5-8H,3-4,9H2,1-2H3. The van der Waals surface area contributed by atoms with E-state index in [1.165, 1.54) is 0 Å². The van der Waals surface area contributed by atoms with Crippen molar-refractivity contribution in [2.75, 3.05) is 12.4 Å². The molecule has 0 N–H and O–H groups in total. The van der Waals surface area contributed by atoms with Gasteiger partial charge in [-0.3, -0.25) is 0 Å².